The summed E-state index contributed by atoms with van der Waals surface area (Å²) in [5.74, 6) is 1.12. The number of hydrogen-bond acceptors (Lipinski definition) is 6. The zero-order valence-corrected chi connectivity index (χ0v) is 15.9. The molecule has 0 saturated carbocycles. The molecule has 146 valence electrons. The highest BCUT2D eigenvalue weighted by molar-refractivity contribution is 6.38. The number of benzene rings is 3. The molecule has 0 amide bonds. The van der Waals surface area contributed by atoms with Crippen LogP contribution in [0, 0.1) is 0 Å². The Hall–Kier alpha value is -4.46. The summed E-state index contributed by atoms with van der Waals surface area (Å²) < 4.78 is 0. The van der Waals surface area contributed by atoms with Crippen LogP contribution in [0.25, 0.3) is 22.1 Å². The molecule has 4 N–H and O–H groups in total. The SMILES string of the molecule is C(=NNc1nc2ccccc2[nH]1)C(=NNc1nc2ccccc2[nH]1)c1ccccc1. The number of imidazole rings is 2. The number of nitrogens with zero attached hydrogens (tertiary/aromatic N) is 4. The molecular formula is C22H18N8. The number of hydrazone groups is 2. The van der Waals surface area contributed by atoms with Crippen molar-refractivity contribution in [3.05, 3.63) is 84.4 Å². The number of rotatable bonds is 6. The standard InChI is InChI=1S/C22H18N8/c1-2-8-15(9-3-1)20(28-30-22-26-18-12-6-7-13-19(18)27-22)14-23-29-21-24-16-10-4-5-11-17(16)25-21/h1-14H,(H2,24,25,29)(H2,26,27,30). The van der Waals surface area contributed by atoms with Crippen LogP contribution in [0.1, 0.15) is 5.56 Å². The number of nitrogens with one attached hydrogen (secondary N) is 4. The Morgan fingerprint density at radius 2 is 1.27 bits per heavy atom. The predicted octanol–water partition coefficient (Wildman–Crippen LogP) is 4.35. The molecule has 0 atom stereocenters. The van der Waals surface area contributed by atoms with Gasteiger partial charge >= 0.3 is 0 Å². The molecule has 3 aromatic carbocycles. The smallest absolute Gasteiger partial charge is 0.222 e. The van der Waals surface area contributed by atoms with Gasteiger partial charge in [-0.2, -0.15) is 10.2 Å². The molecule has 2 aromatic heterocycles. The van der Waals surface area contributed by atoms with E-state index in [2.05, 4.69) is 41.0 Å². The van der Waals surface area contributed by atoms with Crippen molar-refractivity contribution < 1.29 is 0 Å². The first-order valence-electron chi connectivity index (χ1n) is 9.43. The van der Waals surface area contributed by atoms with E-state index in [1.807, 2.05) is 78.9 Å². The van der Waals surface area contributed by atoms with E-state index in [1.54, 1.807) is 6.21 Å². The zero-order chi connectivity index (χ0) is 20.2. The summed E-state index contributed by atoms with van der Waals surface area (Å²) in [5.41, 5.74) is 11.1. The van der Waals surface area contributed by atoms with Crippen molar-refractivity contribution in [2.45, 2.75) is 0 Å². The first-order valence-corrected chi connectivity index (χ1v) is 9.43. The second-order valence-electron chi connectivity index (χ2n) is 6.55. The van der Waals surface area contributed by atoms with Crippen LogP contribution < -0.4 is 10.9 Å². The van der Waals surface area contributed by atoms with Gasteiger partial charge in [0.15, 0.2) is 0 Å². The van der Waals surface area contributed by atoms with E-state index in [4.69, 9.17) is 0 Å². The summed E-state index contributed by atoms with van der Waals surface area (Å²) in [6.45, 7) is 0. The molecular weight excluding hydrogens is 376 g/mol. The van der Waals surface area contributed by atoms with Crippen LogP contribution in [0.4, 0.5) is 11.9 Å². The van der Waals surface area contributed by atoms with E-state index in [1.165, 1.54) is 0 Å². The van der Waals surface area contributed by atoms with E-state index >= 15 is 0 Å². The molecule has 8 heteroatoms. The van der Waals surface area contributed by atoms with Crippen LogP contribution >= 0.6 is 0 Å². The summed E-state index contributed by atoms with van der Waals surface area (Å²) >= 11 is 0. The molecule has 0 unspecified atom stereocenters. The number of fused-ring (bicyclic) bond motifs is 2. The molecule has 8 nitrogen and oxygen atoms in total. The summed E-state index contributed by atoms with van der Waals surface area (Å²) in [4.78, 5) is 15.3. The van der Waals surface area contributed by atoms with Crippen molar-refractivity contribution in [3.63, 3.8) is 0 Å². The molecule has 5 aromatic rings. The second kappa shape index (κ2) is 7.88. The van der Waals surface area contributed by atoms with Crippen molar-refractivity contribution in [2.75, 3.05) is 10.9 Å². The predicted molar refractivity (Wildman–Crippen MR) is 121 cm³/mol. The van der Waals surface area contributed by atoms with E-state index in [-0.39, 0.29) is 0 Å². The summed E-state index contributed by atoms with van der Waals surface area (Å²) in [7, 11) is 0. The maximum atomic E-state index is 4.49. The highest BCUT2D eigenvalue weighted by atomic mass is 15.4. The molecule has 0 bridgehead atoms. The van der Waals surface area contributed by atoms with E-state index in [9.17, 15) is 0 Å². The van der Waals surface area contributed by atoms with Crippen LogP contribution in [0.5, 0.6) is 0 Å². The van der Waals surface area contributed by atoms with Gasteiger partial charge in [-0.25, -0.2) is 20.8 Å². The Kier molecular flexibility index (Phi) is 4.63. The third-order valence-corrected chi connectivity index (χ3v) is 4.49. The molecule has 0 aliphatic carbocycles. The quantitative estimate of drug-likeness (QED) is 0.254. The molecule has 30 heavy (non-hydrogen) atoms. The van der Waals surface area contributed by atoms with Crippen LogP contribution in [-0.2, 0) is 0 Å². The highest BCUT2D eigenvalue weighted by Crippen LogP contribution is 2.14. The molecule has 2 heterocycles. The van der Waals surface area contributed by atoms with Crippen LogP contribution in [0.3, 0.4) is 0 Å². The topological polar surface area (TPSA) is 106 Å². The Bertz CT molecular complexity index is 1280. The molecule has 0 aliphatic heterocycles. The van der Waals surface area contributed by atoms with Crippen molar-refractivity contribution in [1.82, 2.24) is 19.9 Å². The summed E-state index contributed by atoms with van der Waals surface area (Å²) in [5, 5.41) is 8.78. The van der Waals surface area contributed by atoms with Crippen LogP contribution in [-0.4, -0.2) is 31.9 Å². The number of anilines is 2. The first-order chi connectivity index (χ1) is 14.8. The van der Waals surface area contributed by atoms with E-state index in [0.29, 0.717) is 17.6 Å². The van der Waals surface area contributed by atoms with Gasteiger partial charge in [0.25, 0.3) is 0 Å². The van der Waals surface area contributed by atoms with Gasteiger partial charge in [0.05, 0.1) is 28.3 Å². The largest absolute Gasteiger partial charge is 0.323 e. The van der Waals surface area contributed by atoms with E-state index in [0.717, 1.165) is 27.6 Å². The summed E-state index contributed by atoms with van der Waals surface area (Å²) in [6.07, 6.45) is 1.64. The van der Waals surface area contributed by atoms with Gasteiger partial charge in [-0.1, -0.05) is 54.6 Å². The number of hydrogen-bond donors (Lipinski definition) is 4. The number of H-pyrrole nitrogens is 2. The maximum absolute atomic E-state index is 4.49. The number of aromatic nitrogens is 4. The van der Waals surface area contributed by atoms with Gasteiger partial charge in [0, 0.05) is 5.56 Å². The Labute approximate surface area is 171 Å². The van der Waals surface area contributed by atoms with Crippen molar-refractivity contribution >= 4 is 45.9 Å². The minimum Gasteiger partial charge on any atom is -0.323 e. The lowest BCUT2D eigenvalue weighted by Gasteiger charge is -2.02. The number of aromatic amines is 2. The highest BCUT2D eigenvalue weighted by Gasteiger charge is 2.04. The lowest BCUT2D eigenvalue weighted by Crippen LogP contribution is -2.08. The molecule has 0 saturated heterocycles. The Balaban J connectivity index is 1.38. The lowest BCUT2D eigenvalue weighted by atomic mass is 10.1. The average Bonchev–Trinajstić information content (AvgIpc) is 3.39. The second-order valence-corrected chi connectivity index (χ2v) is 6.55. The van der Waals surface area contributed by atoms with Gasteiger partial charge in [-0.3, -0.25) is 0 Å². The average molecular weight is 394 g/mol. The van der Waals surface area contributed by atoms with Gasteiger partial charge in [0.1, 0.15) is 5.71 Å². The molecule has 0 aliphatic rings. The van der Waals surface area contributed by atoms with Gasteiger partial charge in [-0.05, 0) is 24.3 Å². The van der Waals surface area contributed by atoms with Crippen molar-refractivity contribution in [2.24, 2.45) is 10.2 Å². The minimum absolute atomic E-state index is 0.559. The zero-order valence-electron chi connectivity index (χ0n) is 15.9. The monoisotopic (exact) mass is 394 g/mol. The van der Waals surface area contributed by atoms with Crippen LogP contribution in [0.2, 0.25) is 0 Å². The Morgan fingerprint density at radius 1 is 0.700 bits per heavy atom. The van der Waals surface area contributed by atoms with Gasteiger partial charge in [-0.15, -0.1) is 0 Å². The number of para-hydroxylation sites is 4. The lowest BCUT2D eigenvalue weighted by molar-refractivity contribution is 1.20. The van der Waals surface area contributed by atoms with Crippen molar-refractivity contribution in [1.29, 1.82) is 0 Å². The Morgan fingerprint density at radius 3 is 1.90 bits per heavy atom. The fourth-order valence-electron chi connectivity index (χ4n) is 3.06. The van der Waals surface area contributed by atoms with Gasteiger partial charge in [0.2, 0.25) is 11.9 Å². The normalized spacial score (nSPS) is 12.1. The fourth-order valence-corrected chi connectivity index (χ4v) is 3.06. The molecule has 0 fully saturated rings. The minimum atomic E-state index is 0.559. The van der Waals surface area contributed by atoms with E-state index < -0.39 is 0 Å². The third kappa shape index (κ3) is 3.74. The van der Waals surface area contributed by atoms with Gasteiger partial charge < -0.3 is 9.97 Å². The fraction of sp³-hybridized carbons (Fsp3) is 0. The van der Waals surface area contributed by atoms with Crippen LogP contribution in [0.15, 0.2) is 89.1 Å². The molecule has 0 spiro atoms. The molecule has 0 radical (unpaired) electrons. The maximum Gasteiger partial charge on any atom is 0.222 e. The third-order valence-electron chi connectivity index (χ3n) is 4.49. The van der Waals surface area contributed by atoms with Crippen molar-refractivity contribution in [3.8, 4) is 0 Å². The first kappa shape index (κ1) is 17.6. The summed E-state index contributed by atoms with van der Waals surface area (Å²) in [6, 6.07) is 25.4. The molecule has 5 rings (SSSR count).